The molecule has 3 aromatic rings. The van der Waals surface area contributed by atoms with Gasteiger partial charge in [0.1, 0.15) is 10.8 Å². The predicted molar refractivity (Wildman–Crippen MR) is 117 cm³/mol. The van der Waals surface area contributed by atoms with Crippen LogP contribution in [0.4, 0.5) is 10.8 Å². The number of aromatic nitrogens is 2. The van der Waals surface area contributed by atoms with Crippen LogP contribution in [0, 0.1) is 6.92 Å². The van der Waals surface area contributed by atoms with Crippen LogP contribution in [0.5, 0.6) is 5.75 Å². The van der Waals surface area contributed by atoms with E-state index in [1.54, 1.807) is 17.0 Å². The molecule has 0 radical (unpaired) electrons. The summed E-state index contributed by atoms with van der Waals surface area (Å²) < 4.78 is 5.23. The van der Waals surface area contributed by atoms with Crippen LogP contribution in [0.1, 0.15) is 33.3 Å². The van der Waals surface area contributed by atoms with Gasteiger partial charge in [-0.1, -0.05) is 41.1 Å². The lowest BCUT2D eigenvalue weighted by Gasteiger charge is -2.18. The van der Waals surface area contributed by atoms with Crippen molar-refractivity contribution < 1.29 is 14.3 Å². The van der Waals surface area contributed by atoms with Crippen molar-refractivity contribution in [2.24, 2.45) is 0 Å². The highest BCUT2D eigenvalue weighted by Crippen LogP contribution is 2.35. The molecular formula is C21H19ClN4O3S. The summed E-state index contributed by atoms with van der Waals surface area (Å²) in [5.41, 5.74) is 2.27. The Balaban J connectivity index is 1.49. The molecule has 1 aliphatic heterocycles. The van der Waals surface area contributed by atoms with Crippen LogP contribution in [0.25, 0.3) is 0 Å². The molecule has 1 aliphatic rings. The van der Waals surface area contributed by atoms with Gasteiger partial charge in [-0.05, 0) is 36.8 Å². The van der Waals surface area contributed by atoms with E-state index in [4.69, 9.17) is 16.3 Å². The Morgan fingerprint density at radius 1 is 1.27 bits per heavy atom. The minimum Gasteiger partial charge on any atom is -0.496 e. The second-order valence-electron chi connectivity index (χ2n) is 6.94. The van der Waals surface area contributed by atoms with Crippen molar-refractivity contribution in [1.82, 2.24) is 10.2 Å². The van der Waals surface area contributed by atoms with E-state index in [2.05, 4.69) is 15.5 Å². The van der Waals surface area contributed by atoms with E-state index >= 15 is 0 Å². The van der Waals surface area contributed by atoms with Crippen LogP contribution in [-0.2, 0) is 4.79 Å². The van der Waals surface area contributed by atoms with Crippen molar-refractivity contribution >= 4 is 45.6 Å². The van der Waals surface area contributed by atoms with Crippen molar-refractivity contribution in [1.29, 1.82) is 0 Å². The highest BCUT2D eigenvalue weighted by atomic mass is 35.5. The number of hydrogen-bond acceptors (Lipinski definition) is 6. The van der Waals surface area contributed by atoms with Crippen LogP contribution < -0.4 is 15.0 Å². The number of rotatable bonds is 5. The van der Waals surface area contributed by atoms with Gasteiger partial charge in [-0.3, -0.25) is 14.9 Å². The van der Waals surface area contributed by atoms with Crippen LogP contribution in [0.15, 0.2) is 42.5 Å². The zero-order valence-electron chi connectivity index (χ0n) is 16.4. The minimum atomic E-state index is -0.388. The van der Waals surface area contributed by atoms with Gasteiger partial charge in [0.25, 0.3) is 5.91 Å². The number of carbonyl (C=O) groups is 2. The summed E-state index contributed by atoms with van der Waals surface area (Å²) in [6.45, 7) is 2.52. The molecule has 1 fully saturated rings. The molecule has 0 aliphatic carbocycles. The van der Waals surface area contributed by atoms with Gasteiger partial charge in [0.2, 0.25) is 11.0 Å². The van der Waals surface area contributed by atoms with E-state index in [0.717, 1.165) is 11.3 Å². The second kappa shape index (κ2) is 8.41. The van der Waals surface area contributed by atoms with E-state index < -0.39 is 0 Å². The van der Waals surface area contributed by atoms with E-state index in [1.807, 2.05) is 31.2 Å². The number of carbonyl (C=O) groups excluding carboxylic acids is 2. The quantitative estimate of drug-likeness (QED) is 0.637. The molecule has 4 rings (SSSR count). The van der Waals surface area contributed by atoms with Crippen LogP contribution in [0.2, 0.25) is 5.02 Å². The van der Waals surface area contributed by atoms with Gasteiger partial charge in [-0.2, -0.15) is 0 Å². The Labute approximate surface area is 182 Å². The van der Waals surface area contributed by atoms with Gasteiger partial charge >= 0.3 is 0 Å². The number of benzene rings is 2. The normalized spacial score (nSPS) is 16.0. The van der Waals surface area contributed by atoms with Crippen molar-refractivity contribution in [2.75, 3.05) is 23.9 Å². The lowest BCUT2D eigenvalue weighted by molar-refractivity contribution is -0.117. The lowest BCUT2D eigenvalue weighted by atomic mass is 10.1. The average Bonchev–Trinajstić information content (AvgIpc) is 3.35. The van der Waals surface area contributed by atoms with Gasteiger partial charge in [0.15, 0.2) is 0 Å². The number of anilines is 2. The van der Waals surface area contributed by atoms with Gasteiger partial charge < -0.3 is 9.64 Å². The molecule has 0 bridgehead atoms. The lowest BCUT2D eigenvalue weighted by Crippen LogP contribution is -2.25. The van der Waals surface area contributed by atoms with Crippen molar-refractivity contribution in [3.8, 4) is 5.75 Å². The smallest absolute Gasteiger partial charge is 0.261 e. The maximum absolute atomic E-state index is 12.6. The summed E-state index contributed by atoms with van der Waals surface area (Å²) in [7, 11) is 1.49. The number of para-hydroxylation sites is 1. The summed E-state index contributed by atoms with van der Waals surface area (Å²) in [5, 5.41) is 12.5. The fourth-order valence-corrected chi connectivity index (χ4v) is 4.45. The van der Waals surface area contributed by atoms with E-state index in [9.17, 15) is 9.59 Å². The number of aryl methyl sites for hydroxylation is 1. The highest BCUT2D eigenvalue weighted by Gasteiger charge is 2.34. The molecule has 154 valence electrons. The molecule has 2 amide bonds. The first-order valence-corrected chi connectivity index (χ1v) is 10.5. The number of nitrogens with zero attached hydrogens (tertiary/aromatic N) is 3. The molecule has 1 atom stereocenters. The third kappa shape index (κ3) is 4.01. The maximum Gasteiger partial charge on any atom is 0.261 e. The first-order chi connectivity index (χ1) is 14.5. The third-order valence-electron chi connectivity index (χ3n) is 4.95. The number of ether oxygens (including phenoxy) is 1. The summed E-state index contributed by atoms with van der Waals surface area (Å²) in [6.07, 6.45) is 0.360. The molecular weight excluding hydrogens is 424 g/mol. The third-order valence-corrected chi connectivity index (χ3v) is 6.18. The van der Waals surface area contributed by atoms with Crippen LogP contribution in [0.3, 0.4) is 0 Å². The number of amides is 2. The van der Waals surface area contributed by atoms with E-state index in [1.165, 1.54) is 24.5 Å². The molecule has 1 N–H and O–H groups in total. The Bertz CT molecular complexity index is 1120. The standard InChI is InChI=1S/C21H19ClN4O3S/c1-12-5-3-4-6-16(12)26-11-13(9-18(26)27)20-24-25-21(30-20)23-19(28)15-10-14(22)7-8-17(15)29-2/h3-8,10,13H,9,11H2,1-2H3,(H,23,25,28)/t13-/m1/s1. The molecule has 1 saturated heterocycles. The topological polar surface area (TPSA) is 84.4 Å². The molecule has 0 saturated carbocycles. The monoisotopic (exact) mass is 442 g/mol. The SMILES string of the molecule is COc1ccc(Cl)cc1C(=O)Nc1nnc([C@@H]2CC(=O)N(c3ccccc3C)C2)s1. The summed E-state index contributed by atoms with van der Waals surface area (Å²) in [4.78, 5) is 27.0. The Kier molecular flexibility index (Phi) is 5.69. The summed E-state index contributed by atoms with van der Waals surface area (Å²) in [6, 6.07) is 12.6. The number of nitrogens with one attached hydrogen (secondary N) is 1. The number of halogens is 1. The van der Waals surface area contributed by atoms with Crippen molar-refractivity contribution in [3.05, 3.63) is 63.6 Å². The molecule has 30 heavy (non-hydrogen) atoms. The summed E-state index contributed by atoms with van der Waals surface area (Å²) >= 11 is 7.27. The fourth-order valence-electron chi connectivity index (χ4n) is 3.44. The zero-order chi connectivity index (χ0) is 21.3. The Morgan fingerprint density at radius 3 is 2.83 bits per heavy atom. The average molecular weight is 443 g/mol. The fraction of sp³-hybridized carbons (Fsp3) is 0.238. The summed E-state index contributed by atoms with van der Waals surface area (Å²) in [5.74, 6) is 0.0118. The van der Waals surface area contributed by atoms with Crippen molar-refractivity contribution in [3.63, 3.8) is 0 Å². The van der Waals surface area contributed by atoms with Gasteiger partial charge in [0, 0.05) is 29.6 Å². The second-order valence-corrected chi connectivity index (χ2v) is 8.38. The first kappa shape index (κ1) is 20.3. The van der Waals surface area contributed by atoms with E-state index in [-0.39, 0.29) is 17.7 Å². The molecule has 0 spiro atoms. The van der Waals surface area contributed by atoms with Crippen molar-refractivity contribution in [2.45, 2.75) is 19.3 Å². The molecule has 7 nitrogen and oxygen atoms in total. The van der Waals surface area contributed by atoms with Gasteiger partial charge in [-0.25, -0.2) is 0 Å². The first-order valence-electron chi connectivity index (χ1n) is 9.30. The molecule has 0 unspecified atom stereocenters. The van der Waals surface area contributed by atoms with Gasteiger partial charge in [-0.15, -0.1) is 10.2 Å². The van der Waals surface area contributed by atoms with Crippen LogP contribution in [-0.4, -0.2) is 35.7 Å². The van der Waals surface area contributed by atoms with E-state index in [0.29, 0.717) is 39.4 Å². The molecule has 1 aromatic heterocycles. The minimum absolute atomic E-state index is 0.0544. The highest BCUT2D eigenvalue weighted by molar-refractivity contribution is 7.15. The maximum atomic E-state index is 12.6. The molecule has 2 aromatic carbocycles. The Hall–Kier alpha value is -2.97. The Morgan fingerprint density at radius 2 is 2.07 bits per heavy atom. The number of hydrogen-bond donors (Lipinski definition) is 1. The largest absolute Gasteiger partial charge is 0.496 e. The predicted octanol–water partition coefficient (Wildman–Crippen LogP) is 4.28. The zero-order valence-corrected chi connectivity index (χ0v) is 18.0. The number of methoxy groups -OCH3 is 1. The van der Waals surface area contributed by atoms with Gasteiger partial charge in [0.05, 0.1) is 12.7 Å². The van der Waals surface area contributed by atoms with Crippen LogP contribution >= 0.6 is 22.9 Å². The molecule has 2 heterocycles. The molecule has 9 heteroatoms.